The first kappa shape index (κ1) is 11.9. The number of aromatic nitrogens is 1. The predicted octanol–water partition coefficient (Wildman–Crippen LogP) is 2.83. The van der Waals surface area contributed by atoms with Gasteiger partial charge in [-0.3, -0.25) is 9.20 Å². The van der Waals surface area contributed by atoms with E-state index in [0.717, 1.165) is 21.7 Å². The maximum atomic E-state index is 12.7. The summed E-state index contributed by atoms with van der Waals surface area (Å²) in [6, 6.07) is 13.3. The standard InChI is InChI=1S/C17H11NO3/c1-21-17(20)14-12-6-2-4-10-7-8-11-5-3-9-18(16(14)19)15(11)13(10)12/h2-9H,1H3. The van der Waals surface area contributed by atoms with E-state index in [2.05, 4.69) is 0 Å². The number of methoxy groups -OCH3 is 1. The van der Waals surface area contributed by atoms with Gasteiger partial charge in [-0.2, -0.15) is 0 Å². The molecule has 0 aliphatic rings. The summed E-state index contributed by atoms with van der Waals surface area (Å²) < 4.78 is 6.32. The van der Waals surface area contributed by atoms with Gasteiger partial charge in [-0.1, -0.05) is 36.4 Å². The van der Waals surface area contributed by atoms with Crippen LogP contribution in [0.5, 0.6) is 0 Å². The largest absolute Gasteiger partial charge is 0.465 e. The molecule has 0 saturated carbocycles. The van der Waals surface area contributed by atoms with Crippen molar-refractivity contribution in [3.05, 3.63) is 64.6 Å². The molecule has 0 spiro atoms. The second-order valence-corrected chi connectivity index (χ2v) is 4.96. The monoisotopic (exact) mass is 277 g/mol. The Morgan fingerprint density at radius 2 is 1.81 bits per heavy atom. The van der Waals surface area contributed by atoms with E-state index in [1.165, 1.54) is 11.5 Å². The molecule has 2 aromatic carbocycles. The second-order valence-electron chi connectivity index (χ2n) is 4.96. The zero-order chi connectivity index (χ0) is 14.6. The summed E-state index contributed by atoms with van der Waals surface area (Å²) >= 11 is 0. The van der Waals surface area contributed by atoms with Gasteiger partial charge in [-0.15, -0.1) is 0 Å². The van der Waals surface area contributed by atoms with Gasteiger partial charge >= 0.3 is 5.97 Å². The van der Waals surface area contributed by atoms with E-state index in [1.54, 1.807) is 18.3 Å². The Morgan fingerprint density at radius 1 is 1.05 bits per heavy atom. The molecule has 0 unspecified atom stereocenters. The highest BCUT2D eigenvalue weighted by Crippen LogP contribution is 2.30. The molecular weight excluding hydrogens is 266 g/mol. The molecule has 0 saturated heterocycles. The van der Waals surface area contributed by atoms with Crippen molar-refractivity contribution in [2.75, 3.05) is 7.11 Å². The summed E-state index contributed by atoms with van der Waals surface area (Å²) in [5, 5.41) is 3.51. The summed E-state index contributed by atoms with van der Waals surface area (Å²) in [4.78, 5) is 24.7. The molecule has 21 heavy (non-hydrogen) atoms. The third-order valence-electron chi connectivity index (χ3n) is 3.89. The van der Waals surface area contributed by atoms with Crippen LogP contribution in [0.2, 0.25) is 0 Å². The fourth-order valence-corrected chi connectivity index (χ4v) is 2.99. The average molecular weight is 277 g/mol. The Labute approximate surface area is 119 Å². The molecule has 2 heterocycles. The van der Waals surface area contributed by atoms with Crippen LogP contribution in [0.4, 0.5) is 0 Å². The van der Waals surface area contributed by atoms with Gasteiger partial charge in [0, 0.05) is 17.0 Å². The molecule has 102 valence electrons. The van der Waals surface area contributed by atoms with Crippen LogP contribution in [0.15, 0.2) is 53.5 Å². The maximum Gasteiger partial charge on any atom is 0.344 e. The van der Waals surface area contributed by atoms with Gasteiger partial charge in [0.05, 0.1) is 12.6 Å². The van der Waals surface area contributed by atoms with Gasteiger partial charge in [0.15, 0.2) is 0 Å². The van der Waals surface area contributed by atoms with Crippen molar-refractivity contribution in [1.29, 1.82) is 0 Å². The average Bonchev–Trinajstić information content (AvgIpc) is 2.53. The van der Waals surface area contributed by atoms with Crippen molar-refractivity contribution in [2.45, 2.75) is 0 Å². The number of carbonyl (C=O) groups excluding carboxylic acids is 1. The van der Waals surface area contributed by atoms with Crippen molar-refractivity contribution in [1.82, 2.24) is 4.40 Å². The summed E-state index contributed by atoms with van der Waals surface area (Å²) in [6.45, 7) is 0. The number of pyridine rings is 2. The number of nitrogens with zero attached hydrogens (tertiary/aromatic N) is 1. The first-order valence-electron chi connectivity index (χ1n) is 6.59. The molecule has 0 aliphatic carbocycles. The lowest BCUT2D eigenvalue weighted by Crippen LogP contribution is -2.23. The molecule has 4 nitrogen and oxygen atoms in total. The highest BCUT2D eigenvalue weighted by atomic mass is 16.5. The van der Waals surface area contributed by atoms with Gasteiger partial charge in [-0.05, 0) is 16.8 Å². The number of benzene rings is 2. The Kier molecular flexibility index (Phi) is 2.30. The molecule has 4 heteroatoms. The van der Waals surface area contributed by atoms with Crippen molar-refractivity contribution in [2.24, 2.45) is 0 Å². The zero-order valence-corrected chi connectivity index (χ0v) is 11.3. The number of hydrogen-bond donors (Lipinski definition) is 0. The van der Waals surface area contributed by atoms with Crippen LogP contribution in [-0.4, -0.2) is 17.5 Å². The van der Waals surface area contributed by atoms with E-state index < -0.39 is 5.97 Å². The molecule has 4 rings (SSSR count). The van der Waals surface area contributed by atoms with Crippen LogP contribution in [0.3, 0.4) is 0 Å². The topological polar surface area (TPSA) is 47.8 Å². The van der Waals surface area contributed by atoms with Gasteiger partial charge < -0.3 is 4.74 Å². The summed E-state index contributed by atoms with van der Waals surface area (Å²) in [7, 11) is 1.29. The van der Waals surface area contributed by atoms with E-state index in [-0.39, 0.29) is 11.1 Å². The normalized spacial score (nSPS) is 11.5. The van der Waals surface area contributed by atoms with Gasteiger partial charge in [0.25, 0.3) is 5.56 Å². The Morgan fingerprint density at radius 3 is 2.62 bits per heavy atom. The van der Waals surface area contributed by atoms with E-state index in [9.17, 15) is 9.59 Å². The molecule has 0 radical (unpaired) electrons. The van der Waals surface area contributed by atoms with Gasteiger partial charge in [0.1, 0.15) is 5.56 Å². The smallest absolute Gasteiger partial charge is 0.344 e. The van der Waals surface area contributed by atoms with E-state index in [0.29, 0.717) is 5.39 Å². The quantitative estimate of drug-likeness (QED) is 0.397. The number of esters is 1. The minimum Gasteiger partial charge on any atom is -0.465 e. The van der Waals surface area contributed by atoms with Crippen LogP contribution in [-0.2, 0) is 4.74 Å². The van der Waals surface area contributed by atoms with Crippen molar-refractivity contribution in [3.8, 4) is 0 Å². The molecule has 4 aromatic rings. The zero-order valence-electron chi connectivity index (χ0n) is 11.3. The third-order valence-corrected chi connectivity index (χ3v) is 3.89. The van der Waals surface area contributed by atoms with Gasteiger partial charge in [0.2, 0.25) is 0 Å². The lowest BCUT2D eigenvalue weighted by molar-refractivity contribution is 0.0601. The predicted molar refractivity (Wildman–Crippen MR) is 81.2 cm³/mol. The highest BCUT2D eigenvalue weighted by Gasteiger charge is 2.20. The number of rotatable bonds is 1. The van der Waals surface area contributed by atoms with E-state index >= 15 is 0 Å². The Balaban J connectivity index is 2.42. The molecule has 0 aliphatic heterocycles. The Hall–Kier alpha value is -2.88. The Bertz CT molecular complexity index is 1060. The van der Waals surface area contributed by atoms with Crippen molar-refractivity contribution in [3.63, 3.8) is 0 Å². The highest BCUT2D eigenvalue weighted by molar-refractivity contribution is 6.19. The minimum atomic E-state index is -0.605. The van der Waals surface area contributed by atoms with Crippen molar-refractivity contribution < 1.29 is 9.53 Å². The molecule has 0 amide bonds. The molecule has 0 fully saturated rings. The number of hydrogen-bond acceptors (Lipinski definition) is 3. The second kappa shape index (κ2) is 4.06. The SMILES string of the molecule is COC(=O)c1c(=O)n2cccc3ccc4cccc1c4c32. The minimum absolute atomic E-state index is 0.0827. The maximum absolute atomic E-state index is 12.7. The molecule has 0 N–H and O–H groups in total. The fraction of sp³-hybridized carbons (Fsp3) is 0.0588. The van der Waals surface area contributed by atoms with Crippen LogP contribution >= 0.6 is 0 Å². The van der Waals surface area contributed by atoms with E-state index in [4.69, 9.17) is 4.74 Å². The summed E-state index contributed by atoms with van der Waals surface area (Å²) in [6.07, 6.45) is 1.68. The van der Waals surface area contributed by atoms with Crippen LogP contribution < -0.4 is 5.56 Å². The molecule has 0 atom stereocenters. The van der Waals surface area contributed by atoms with Crippen molar-refractivity contribution >= 4 is 33.0 Å². The summed E-state index contributed by atoms with van der Waals surface area (Å²) in [5.41, 5.74) is 0.571. The molecule has 2 aromatic heterocycles. The van der Waals surface area contributed by atoms with Crippen LogP contribution in [0, 0.1) is 0 Å². The third kappa shape index (κ3) is 1.44. The lowest BCUT2D eigenvalue weighted by atomic mass is 9.98. The fourth-order valence-electron chi connectivity index (χ4n) is 2.99. The summed E-state index contributed by atoms with van der Waals surface area (Å²) in [5.74, 6) is -0.605. The number of ether oxygens (including phenoxy) is 1. The molecular formula is C17H11NO3. The van der Waals surface area contributed by atoms with E-state index in [1.807, 2.05) is 30.3 Å². The number of carbonyl (C=O) groups is 1. The molecule has 0 bridgehead atoms. The lowest BCUT2D eigenvalue weighted by Gasteiger charge is -2.13. The van der Waals surface area contributed by atoms with Gasteiger partial charge in [-0.25, -0.2) is 4.79 Å². The first-order chi connectivity index (χ1) is 10.2. The van der Waals surface area contributed by atoms with Crippen LogP contribution in [0.1, 0.15) is 10.4 Å². The van der Waals surface area contributed by atoms with Crippen LogP contribution in [0.25, 0.3) is 27.1 Å². The first-order valence-corrected chi connectivity index (χ1v) is 6.59.